The van der Waals surface area contributed by atoms with Crippen molar-refractivity contribution in [3.63, 3.8) is 0 Å². The number of benzene rings is 1. The molecule has 0 N–H and O–H groups in total. The minimum absolute atomic E-state index is 0.0337. The maximum atomic E-state index is 12.6. The third kappa shape index (κ3) is 5.09. The van der Waals surface area contributed by atoms with Gasteiger partial charge in [-0.3, -0.25) is 9.69 Å². The van der Waals surface area contributed by atoms with Gasteiger partial charge in [-0.2, -0.15) is 0 Å². The molecule has 0 saturated carbocycles. The standard InChI is InChI=1S/C19H23NO3S2/c1-5-9-23-15-8-7-14(10-16(15)22-6-2)11-17-18(21)20(12-13(3)4)19(24)25-17/h5,7-8,10-11,13H,1,6,9,12H2,2-4H3/b17-11-. The van der Waals surface area contributed by atoms with Gasteiger partial charge in [-0.25, -0.2) is 0 Å². The van der Waals surface area contributed by atoms with E-state index in [0.29, 0.717) is 46.4 Å². The largest absolute Gasteiger partial charge is 0.490 e. The van der Waals surface area contributed by atoms with E-state index in [1.54, 1.807) is 11.0 Å². The summed E-state index contributed by atoms with van der Waals surface area (Å²) in [6, 6.07) is 5.61. The van der Waals surface area contributed by atoms with Crippen LogP contribution in [0.5, 0.6) is 11.5 Å². The molecule has 2 rings (SSSR count). The Labute approximate surface area is 158 Å². The van der Waals surface area contributed by atoms with E-state index in [0.717, 1.165) is 5.56 Å². The summed E-state index contributed by atoms with van der Waals surface area (Å²) in [5.41, 5.74) is 0.874. The molecule has 1 fully saturated rings. The second-order valence-electron chi connectivity index (χ2n) is 5.93. The van der Waals surface area contributed by atoms with E-state index in [9.17, 15) is 4.79 Å². The molecule has 0 aromatic heterocycles. The molecule has 25 heavy (non-hydrogen) atoms. The van der Waals surface area contributed by atoms with Gasteiger partial charge in [0.2, 0.25) is 0 Å². The highest BCUT2D eigenvalue weighted by Crippen LogP contribution is 2.35. The number of nitrogens with zero attached hydrogens (tertiary/aromatic N) is 1. The molecule has 0 radical (unpaired) electrons. The minimum Gasteiger partial charge on any atom is -0.490 e. The van der Waals surface area contributed by atoms with Crippen LogP contribution in [-0.4, -0.2) is 34.9 Å². The van der Waals surface area contributed by atoms with Gasteiger partial charge in [-0.1, -0.05) is 56.5 Å². The van der Waals surface area contributed by atoms with Crippen molar-refractivity contribution < 1.29 is 14.3 Å². The second kappa shape index (κ2) is 9.06. The molecule has 134 valence electrons. The van der Waals surface area contributed by atoms with Gasteiger partial charge in [0.1, 0.15) is 10.9 Å². The second-order valence-corrected chi connectivity index (χ2v) is 7.60. The Bertz CT molecular complexity index is 698. The van der Waals surface area contributed by atoms with Crippen LogP contribution in [-0.2, 0) is 4.79 Å². The maximum Gasteiger partial charge on any atom is 0.266 e. The van der Waals surface area contributed by atoms with Gasteiger partial charge in [0.05, 0.1) is 11.5 Å². The summed E-state index contributed by atoms with van der Waals surface area (Å²) in [4.78, 5) is 14.9. The molecule has 1 saturated heterocycles. The van der Waals surface area contributed by atoms with Gasteiger partial charge < -0.3 is 9.47 Å². The Kier molecular flexibility index (Phi) is 7.08. The van der Waals surface area contributed by atoms with E-state index in [1.807, 2.05) is 31.2 Å². The van der Waals surface area contributed by atoms with Crippen LogP contribution >= 0.6 is 24.0 Å². The lowest BCUT2D eigenvalue weighted by atomic mass is 10.1. The summed E-state index contributed by atoms with van der Waals surface area (Å²) in [6.07, 6.45) is 3.53. The molecule has 0 spiro atoms. The van der Waals surface area contributed by atoms with Crippen molar-refractivity contribution in [2.75, 3.05) is 19.8 Å². The smallest absolute Gasteiger partial charge is 0.266 e. The van der Waals surface area contributed by atoms with Crippen LogP contribution in [0.15, 0.2) is 35.8 Å². The van der Waals surface area contributed by atoms with Crippen molar-refractivity contribution in [2.45, 2.75) is 20.8 Å². The first-order valence-corrected chi connectivity index (χ1v) is 9.44. The molecular formula is C19H23NO3S2. The molecule has 0 bridgehead atoms. The fraction of sp³-hybridized carbons (Fsp3) is 0.368. The zero-order chi connectivity index (χ0) is 18.4. The predicted octanol–water partition coefficient (Wildman–Crippen LogP) is 4.51. The van der Waals surface area contributed by atoms with E-state index >= 15 is 0 Å². The molecule has 1 aliphatic heterocycles. The van der Waals surface area contributed by atoms with Crippen molar-refractivity contribution in [1.29, 1.82) is 0 Å². The Morgan fingerprint density at radius 3 is 2.72 bits per heavy atom. The van der Waals surface area contributed by atoms with Crippen LogP contribution < -0.4 is 9.47 Å². The predicted molar refractivity (Wildman–Crippen MR) is 108 cm³/mol. The molecule has 0 unspecified atom stereocenters. The number of hydrogen-bond donors (Lipinski definition) is 0. The molecule has 1 aliphatic rings. The Hall–Kier alpha value is -1.79. The number of thioether (sulfide) groups is 1. The quantitative estimate of drug-likeness (QED) is 0.379. The molecule has 0 atom stereocenters. The van der Waals surface area contributed by atoms with E-state index in [4.69, 9.17) is 21.7 Å². The summed E-state index contributed by atoms with van der Waals surface area (Å²) >= 11 is 6.68. The maximum absolute atomic E-state index is 12.6. The minimum atomic E-state index is -0.0337. The van der Waals surface area contributed by atoms with Gasteiger partial charge in [0, 0.05) is 6.54 Å². The molecule has 0 aliphatic carbocycles. The van der Waals surface area contributed by atoms with Crippen LogP contribution in [0, 0.1) is 5.92 Å². The van der Waals surface area contributed by atoms with Gasteiger partial charge in [0.15, 0.2) is 11.5 Å². The number of hydrogen-bond acceptors (Lipinski definition) is 5. The van der Waals surface area contributed by atoms with Gasteiger partial charge in [-0.05, 0) is 36.6 Å². The number of carbonyl (C=O) groups is 1. The Morgan fingerprint density at radius 2 is 2.08 bits per heavy atom. The summed E-state index contributed by atoms with van der Waals surface area (Å²) < 4.78 is 11.9. The zero-order valence-electron chi connectivity index (χ0n) is 14.8. The lowest BCUT2D eigenvalue weighted by molar-refractivity contribution is -0.122. The van der Waals surface area contributed by atoms with E-state index in [2.05, 4.69) is 20.4 Å². The van der Waals surface area contributed by atoms with E-state index < -0.39 is 0 Å². The van der Waals surface area contributed by atoms with Crippen LogP contribution in [0.3, 0.4) is 0 Å². The van der Waals surface area contributed by atoms with E-state index in [1.165, 1.54) is 11.8 Å². The van der Waals surface area contributed by atoms with Gasteiger partial charge >= 0.3 is 0 Å². The molecule has 6 heteroatoms. The summed E-state index contributed by atoms with van der Waals surface area (Å²) in [5.74, 6) is 1.64. The summed E-state index contributed by atoms with van der Waals surface area (Å²) in [7, 11) is 0. The average Bonchev–Trinajstić information content (AvgIpc) is 2.81. The fourth-order valence-corrected chi connectivity index (χ4v) is 3.60. The van der Waals surface area contributed by atoms with Gasteiger partial charge in [-0.15, -0.1) is 0 Å². The van der Waals surface area contributed by atoms with Gasteiger partial charge in [0.25, 0.3) is 5.91 Å². The topological polar surface area (TPSA) is 38.8 Å². The highest BCUT2D eigenvalue weighted by Gasteiger charge is 2.32. The highest BCUT2D eigenvalue weighted by atomic mass is 32.2. The lowest BCUT2D eigenvalue weighted by Gasteiger charge is -2.16. The Morgan fingerprint density at radius 1 is 1.32 bits per heavy atom. The molecule has 1 heterocycles. The van der Waals surface area contributed by atoms with Crippen molar-refractivity contribution in [3.05, 3.63) is 41.3 Å². The van der Waals surface area contributed by atoms with Crippen LogP contribution in [0.1, 0.15) is 26.3 Å². The zero-order valence-corrected chi connectivity index (χ0v) is 16.4. The molecule has 1 aromatic rings. The molecular weight excluding hydrogens is 354 g/mol. The van der Waals surface area contributed by atoms with Crippen LogP contribution in [0.4, 0.5) is 0 Å². The molecule has 4 nitrogen and oxygen atoms in total. The average molecular weight is 378 g/mol. The van der Waals surface area contributed by atoms with Crippen molar-refractivity contribution >= 4 is 40.3 Å². The monoisotopic (exact) mass is 377 g/mol. The van der Waals surface area contributed by atoms with E-state index in [-0.39, 0.29) is 5.91 Å². The number of carbonyl (C=O) groups excluding carboxylic acids is 1. The number of thiocarbonyl (C=S) groups is 1. The third-order valence-corrected chi connectivity index (χ3v) is 4.72. The molecule has 1 amide bonds. The first-order chi connectivity index (χ1) is 12.0. The fourth-order valence-electron chi connectivity index (χ4n) is 2.32. The third-order valence-electron chi connectivity index (χ3n) is 3.34. The van der Waals surface area contributed by atoms with Crippen molar-refractivity contribution in [3.8, 4) is 11.5 Å². The van der Waals surface area contributed by atoms with Crippen molar-refractivity contribution in [2.24, 2.45) is 5.92 Å². The molecule has 1 aromatic carbocycles. The van der Waals surface area contributed by atoms with Crippen molar-refractivity contribution in [1.82, 2.24) is 4.90 Å². The first-order valence-electron chi connectivity index (χ1n) is 8.22. The number of amides is 1. The summed E-state index contributed by atoms with van der Waals surface area (Å²) in [5, 5.41) is 0. The van der Waals surface area contributed by atoms with Crippen LogP contribution in [0.25, 0.3) is 6.08 Å². The number of ether oxygens (including phenoxy) is 2. The summed E-state index contributed by atoms with van der Waals surface area (Å²) in [6.45, 7) is 11.3. The normalized spacial score (nSPS) is 16.0. The Balaban J connectivity index is 2.25. The highest BCUT2D eigenvalue weighted by molar-refractivity contribution is 8.26. The van der Waals surface area contributed by atoms with Crippen LogP contribution in [0.2, 0.25) is 0 Å². The first kappa shape index (κ1) is 19.5. The lowest BCUT2D eigenvalue weighted by Crippen LogP contribution is -2.31. The number of rotatable bonds is 8. The SMILES string of the molecule is C=CCOc1ccc(/C=C2\SC(=S)N(CC(C)C)C2=O)cc1OCC.